The average molecular weight is 613 g/mol. The summed E-state index contributed by atoms with van der Waals surface area (Å²) in [6.07, 6.45) is 12.6. The number of nitrogens with zero attached hydrogens (tertiary/aromatic N) is 2. The number of hydrogen-bond acceptors (Lipinski definition) is 3. The molecule has 6 heteroatoms. The van der Waals surface area contributed by atoms with E-state index in [9.17, 15) is 9.90 Å². The second kappa shape index (κ2) is 10.6. The second-order valence-corrected chi connectivity index (χ2v) is 17.1. The molecular formula is C39H56N4O2. The van der Waals surface area contributed by atoms with Gasteiger partial charge in [-0.3, -0.25) is 4.79 Å². The summed E-state index contributed by atoms with van der Waals surface area (Å²) in [5, 5.41) is 19.7. The number of carbonyl (C=O) groups is 1. The summed E-state index contributed by atoms with van der Waals surface area (Å²) in [6.45, 7) is 19.2. The number of hydrogen-bond donors (Lipinski definition) is 3. The topological polar surface area (TPSA) is 114 Å². The molecule has 0 spiro atoms. The van der Waals surface area contributed by atoms with Crippen LogP contribution >= 0.6 is 0 Å². The van der Waals surface area contributed by atoms with Gasteiger partial charge in [-0.2, -0.15) is 5.10 Å². The smallest absolute Gasteiger partial charge is 0.310 e. The third-order valence-electron chi connectivity index (χ3n) is 14.7. The largest absolute Gasteiger partial charge is 0.481 e. The molecule has 6 rings (SSSR count). The molecule has 0 aromatic heterocycles. The SMILES string of the molecule is Cc1ccc(/C=C2\C[C@]3(C)[C@H]4CC=C5[C@@H]6[C@@H](C)[C@H](C)CC[C@]6(C(=O)O)CC[C@@]5(C)[C@]4(C)CC[C@H]3C(C)(C)\C2=N\N=C(N)N)cc1. The zero-order valence-corrected chi connectivity index (χ0v) is 28.9. The number of rotatable bonds is 3. The normalized spacial score (nSPS) is 43.7. The second-order valence-electron chi connectivity index (χ2n) is 17.1. The van der Waals surface area contributed by atoms with E-state index in [-0.39, 0.29) is 33.5 Å². The first kappa shape index (κ1) is 32.1. The third-order valence-corrected chi connectivity index (χ3v) is 14.7. The van der Waals surface area contributed by atoms with Crippen LogP contribution in [0.25, 0.3) is 6.08 Å². The number of nitrogens with two attached hydrogens (primary N) is 2. The van der Waals surface area contributed by atoms with Crippen LogP contribution in [0.2, 0.25) is 0 Å². The Morgan fingerprint density at radius 3 is 2.29 bits per heavy atom. The summed E-state index contributed by atoms with van der Waals surface area (Å²) < 4.78 is 0. The highest BCUT2D eigenvalue weighted by Gasteiger charge is 2.69. The Morgan fingerprint density at radius 1 is 0.956 bits per heavy atom. The van der Waals surface area contributed by atoms with Crippen molar-refractivity contribution in [2.24, 2.45) is 78.3 Å². The Bertz CT molecular complexity index is 1500. The fraction of sp³-hybridized carbons (Fsp3) is 0.667. The number of allylic oxidation sites excluding steroid dienone is 3. The van der Waals surface area contributed by atoms with Gasteiger partial charge in [0.1, 0.15) is 0 Å². The first-order valence-electron chi connectivity index (χ1n) is 17.4. The van der Waals surface area contributed by atoms with Gasteiger partial charge in [0.15, 0.2) is 0 Å². The number of aliphatic carboxylic acids is 1. The summed E-state index contributed by atoms with van der Waals surface area (Å²) in [4.78, 5) is 13.1. The van der Waals surface area contributed by atoms with E-state index in [2.05, 4.69) is 96.9 Å². The Kier molecular flexibility index (Phi) is 7.53. The van der Waals surface area contributed by atoms with Crippen LogP contribution in [0, 0.1) is 63.6 Å². The standard InChI is InChI=1S/C39H56N4O2/c1-23-9-11-26(12-10-23)21-27-22-36(6)29(35(4,5)32(27)42-43-34(40)41)16-17-38(8)30(36)14-13-28-31-25(3)24(2)15-18-39(31,33(44)45)20-19-37(28,38)7/h9-13,21,24-25,29-31H,14-20,22H2,1-8H3,(H,44,45)(H4,40,41,43)/b27-21+,42-32+/t24-,25+,29+,30-,31+,36+,37-,38-,39+/m1/s1. The molecule has 1 aromatic rings. The van der Waals surface area contributed by atoms with Crippen molar-refractivity contribution >= 4 is 23.7 Å². The molecule has 0 unspecified atom stereocenters. The van der Waals surface area contributed by atoms with Crippen molar-refractivity contribution in [3.63, 3.8) is 0 Å². The maximum absolute atomic E-state index is 13.1. The summed E-state index contributed by atoms with van der Waals surface area (Å²) in [7, 11) is 0. The highest BCUT2D eigenvalue weighted by atomic mass is 16.4. The molecule has 6 nitrogen and oxygen atoms in total. The van der Waals surface area contributed by atoms with Gasteiger partial charge in [0, 0.05) is 5.41 Å². The Labute approximate surface area is 270 Å². The molecule has 4 saturated carbocycles. The summed E-state index contributed by atoms with van der Waals surface area (Å²) >= 11 is 0. The molecule has 1 aromatic carbocycles. The molecule has 0 bridgehead atoms. The first-order valence-corrected chi connectivity index (χ1v) is 17.4. The number of aryl methyl sites for hydroxylation is 1. The van der Waals surface area contributed by atoms with E-state index in [1.807, 2.05) is 0 Å². The van der Waals surface area contributed by atoms with Gasteiger partial charge >= 0.3 is 5.97 Å². The van der Waals surface area contributed by atoms with Crippen LogP contribution in [0.15, 0.2) is 51.7 Å². The molecule has 0 heterocycles. The number of benzene rings is 1. The zero-order valence-electron chi connectivity index (χ0n) is 28.9. The lowest BCUT2D eigenvalue weighted by molar-refractivity contribution is -0.179. The lowest BCUT2D eigenvalue weighted by Gasteiger charge is -2.71. The van der Waals surface area contributed by atoms with Crippen molar-refractivity contribution in [3.8, 4) is 0 Å². The summed E-state index contributed by atoms with van der Waals surface area (Å²) in [6, 6.07) is 8.70. The fourth-order valence-electron chi connectivity index (χ4n) is 12.0. The van der Waals surface area contributed by atoms with Crippen molar-refractivity contribution in [2.75, 3.05) is 0 Å². The van der Waals surface area contributed by atoms with Crippen molar-refractivity contribution in [1.82, 2.24) is 0 Å². The fourth-order valence-corrected chi connectivity index (χ4v) is 12.0. The zero-order chi connectivity index (χ0) is 32.7. The lowest BCUT2D eigenvalue weighted by atomic mass is 9.33. The van der Waals surface area contributed by atoms with Gasteiger partial charge in [-0.1, -0.05) is 89.9 Å². The van der Waals surface area contributed by atoms with Gasteiger partial charge in [0.05, 0.1) is 11.1 Å². The first-order chi connectivity index (χ1) is 21.0. The molecule has 45 heavy (non-hydrogen) atoms. The molecule has 0 amide bonds. The van der Waals surface area contributed by atoms with Crippen LogP contribution in [-0.4, -0.2) is 22.7 Å². The maximum Gasteiger partial charge on any atom is 0.310 e. The number of carboxylic acids is 1. The van der Waals surface area contributed by atoms with Gasteiger partial charge < -0.3 is 16.6 Å². The Morgan fingerprint density at radius 2 is 1.64 bits per heavy atom. The lowest BCUT2D eigenvalue weighted by Crippen LogP contribution is -2.65. The van der Waals surface area contributed by atoms with Crippen LogP contribution in [0.4, 0.5) is 0 Å². The van der Waals surface area contributed by atoms with Gasteiger partial charge in [-0.15, -0.1) is 5.10 Å². The molecule has 5 aliphatic carbocycles. The number of fused-ring (bicyclic) bond motifs is 7. The molecule has 0 saturated heterocycles. The van der Waals surface area contributed by atoms with Crippen LogP contribution in [-0.2, 0) is 4.79 Å². The minimum atomic E-state index is -0.616. The van der Waals surface area contributed by atoms with E-state index in [4.69, 9.17) is 16.6 Å². The van der Waals surface area contributed by atoms with Crippen molar-refractivity contribution in [1.29, 1.82) is 0 Å². The van der Waals surface area contributed by atoms with Crippen LogP contribution in [0.5, 0.6) is 0 Å². The molecule has 0 radical (unpaired) electrons. The molecular weight excluding hydrogens is 556 g/mol. The van der Waals surface area contributed by atoms with E-state index in [1.54, 1.807) is 0 Å². The predicted molar refractivity (Wildman–Crippen MR) is 184 cm³/mol. The molecule has 9 atom stereocenters. The van der Waals surface area contributed by atoms with Gasteiger partial charge in [-0.25, -0.2) is 0 Å². The number of guanidine groups is 1. The van der Waals surface area contributed by atoms with E-state index >= 15 is 0 Å². The average Bonchev–Trinajstić information content (AvgIpc) is 2.95. The van der Waals surface area contributed by atoms with Crippen LogP contribution in [0.3, 0.4) is 0 Å². The highest BCUT2D eigenvalue weighted by molar-refractivity contribution is 6.08. The number of carboxylic acid groups (broad SMARTS) is 1. The molecule has 244 valence electrons. The van der Waals surface area contributed by atoms with Crippen LogP contribution < -0.4 is 11.5 Å². The van der Waals surface area contributed by atoms with Crippen LogP contribution in [0.1, 0.15) is 111 Å². The molecule has 0 aliphatic heterocycles. The minimum Gasteiger partial charge on any atom is -0.481 e. The highest BCUT2D eigenvalue weighted by Crippen LogP contribution is 2.76. The Balaban J connectivity index is 1.48. The van der Waals surface area contributed by atoms with E-state index in [0.29, 0.717) is 23.7 Å². The van der Waals surface area contributed by atoms with Crippen molar-refractivity contribution in [2.45, 2.75) is 107 Å². The van der Waals surface area contributed by atoms with Crippen molar-refractivity contribution in [3.05, 3.63) is 52.6 Å². The quantitative estimate of drug-likeness (QED) is 0.138. The van der Waals surface area contributed by atoms with E-state index in [0.717, 1.165) is 57.1 Å². The Hall–Kier alpha value is -2.89. The van der Waals surface area contributed by atoms with E-state index in [1.165, 1.54) is 22.3 Å². The molecule has 4 fully saturated rings. The van der Waals surface area contributed by atoms with Gasteiger partial charge in [-0.05, 0) is 121 Å². The minimum absolute atomic E-state index is 0.0172. The van der Waals surface area contributed by atoms with E-state index < -0.39 is 11.4 Å². The molecule has 5 aliphatic rings. The predicted octanol–water partition coefficient (Wildman–Crippen LogP) is 8.36. The summed E-state index contributed by atoms with van der Waals surface area (Å²) in [5.74, 6) is 1.34. The maximum atomic E-state index is 13.1. The summed E-state index contributed by atoms with van der Waals surface area (Å²) in [5.41, 5.74) is 17.0. The monoisotopic (exact) mass is 612 g/mol. The van der Waals surface area contributed by atoms with Crippen molar-refractivity contribution < 1.29 is 9.90 Å². The van der Waals surface area contributed by atoms with Gasteiger partial charge in [0.25, 0.3) is 0 Å². The third kappa shape index (κ3) is 4.51. The van der Waals surface area contributed by atoms with Gasteiger partial charge in [0.2, 0.25) is 5.96 Å². The molecule has 5 N–H and O–H groups in total.